The Kier molecular flexibility index (Phi) is 11.2. The van der Waals surface area contributed by atoms with Crippen molar-refractivity contribution in [2.75, 3.05) is 26.2 Å². The van der Waals surface area contributed by atoms with Crippen molar-refractivity contribution in [3.63, 3.8) is 0 Å². The van der Waals surface area contributed by atoms with Gasteiger partial charge in [0.25, 0.3) is 18.3 Å². The Balaban J connectivity index is 0.00000141. The summed E-state index contributed by atoms with van der Waals surface area (Å²) >= 11 is 0. The van der Waals surface area contributed by atoms with E-state index in [2.05, 4.69) is 34.5 Å². The number of amides is 3. The topological polar surface area (TPSA) is 156 Å². The van der Waals surface area contributed by atoms with Gasteiger partial charge in [-0.15, -0.1) is 10.2 Å². The highest BCUT2D eigenvalue weighted by atomic mass is 16.3. The number of carbonyl (C=O) groups excluding carboxylic acids is 3. The third kappa shape index (κ3) is 7.69. The van der Waals surface area contributed by atoms with Crippen molar-refractivity contribution in [3.05, 3.63) is 59.4 Å². The van der Waals surface area contributed by atoms with Crippen LogP contribution in [0.5, 0.6) is 0 Å². The smallest absolute Gasteiger partial charge is 0.290 e. The van der Waals surface area contributed by atoms with Crippen molar-refractivity contribution in [2.24, 2.45) is 13.0 Å². The number of hydrogen-bond donors (Lipinski definition) is 2. The molecule has 3 aromatic rings. The van der Waals surface area contributed by atoms with Gasteiger partial charge in [-0.25, -0.2) is 0 Å². The van der Waals surface area contributed by atoms with Crippen molar-refractivity contribution >= 4 is 24.2 Å². The lowest BCUT2D eigenvalue weighted by molar-refractivity contribution is -0.134. The number of nitrogens with one attached hydrogen (secondary N) is 1. The number of hydrogen-bond acceptors (Lipinski definition) is 7. The number of aromatic nitrogens is 5. The number of carboxylic acid groups (broad SMARTS) is 1. The molecule has 2 bridgehead atoms. The summed E-state index contributed by atoms with van der Waals surface area (Å²) in [6, 6.07) is 7.40. The summed E-state index contributed by atoms with van der Waals surface area (Å²) in [6.07, 6.45) is 7.85. The van der Waals surface area contributed by atoms with Gasteiger partial charge in [-0.2, -0.15) is 5.10 Å². The van der Waals surface area contributed by atoms with Crippen LogP contribution in [0.1, 0.15) is 78.1 Å². The largest absolute Gasteiger partial charge is 0.483 e. The van der Waals surface area contributed by atoms with Gasteiger partial charge in [0.2, 0.25) is 5.91 Å². The van der Waals surface area contributed by atoms with Crippen LogP contribution in [0, 0.1) is 5.92 Å². The first-order valence-corrected chi connectivity index (χ1v) is 15.2. The van der Waals surface area contributed by atoms with E-state index in [1.165, 1.54) is 0 Å². The summed E-state index contributed by atoms with van der Waals surface area (Å²) in [7, 11) is 1.89. The summed E-state index contributed by atoms with van der Waals surface area (Å²) in [5.74, 6) is 0.257. The second-order valence-electron chi connectivity index (χ2n) is 11.6. The Morgan fingerprint density at radius 2 is 1.82 bits per heavy atom. The predicted octanol–water partition coefficient (Wildman–Crippen LogP) is 2.49. The van der Waals surface area contributed by atoms with Crippen molar-refractivity contribution in [2.45, 2.75) is 64.8 Å². The fourth-order valence-electron chi connectivity index (χ4n) is 5.94. The first-order chi connectivity index (χ1) is 21.2. The maximum absolute atomic E-state index is 13.8. The number of aryl methyl sites for hydroxylation is 1. The number of fused-ring (bicyclic) bond motifs is 1. The van der Waals surface area contributed by atoms with Gasteiger partial charge in [0.1, 0.15) is 12.7 Å². The molecule has 1 aliphatic heterocycles. The lowest BCUT2D eigenvalue weighted by Gasteiger charge is -2.35. The number of rotatable bonds is 5. The second-order valence-corrected chi connectivity index (χ2v) is 11.6. The molecule has 13 nitrogen and oxygen atoms in total. The molecule has 236 valence electrons. The molecule has 2 aliphatic rings. The zero-order valence-corrected chi connectivity index (χ0v) is 25.7. The molecule has 44 heavy (non-hydrogen) atoms. The minimum Gasteiger partial charge on any atom is -0.483 e. The maximum atomic E-state index is 13.8. The molecule has 0 radical (unpaired) electrons. The maximum Gasteiger partial charge on any atom is 0.290 e. The van der Waals surface area contributed by atoms with Crippen LogP contribution in [-0.4, -0.2) is 95.9 Å². The third-order valence-corrected chi connectivity index (χ3v) is 8.18. The van der Waals surface area contributed by atoms with Gasteiger partial charge >= 0.3 is 0 Å². The first kappa shape index (κ1) is 32.4. The highest BCUT2D eigenvalue weighted by Gasteiger charge is 2.33. The van der Waals surface area contributed by atoms with Gasteiger partial charge in [-0.05, 0) is 56.6 Å². The van der Waals surface area contributed by atoms with Crippen molar-refractivity contribution < 1.29 is 24.3 Å². The molecule has 13 heteroatoms. The van der Waals surface area contributed by atoms with Crippen LogP contribution in [0.4, 0.5) is 0 Å². The molecule has 2 N–H and O–H groups in total. The molecular weight excluding hydrogens is 564 g/mol. The molecule has 2 aromatic heterocycles. The van der Waals surface area contributed by atoms with E-state index in [-0.39, 0.29) is 30.2 Å². The molecule has 0 saturated carbocycles. The summed E-state index contributed by atoms with van der Waals surface area (Å²) in [6.45, 7) is 6.09. The van der Waals surface area contributed by atoms with Crippen LogP contribution in [0.3, 0.4) is 0 Å². The lowest BCUT2D eigenvalue weighted by Crippen LogP contribution is -2.45. The van der Waals surface area contributed by atoms with Gasteiger partial charge in [-0.3, -0.25) is 28.4 Å². The van der Waals surface area contributed by atoms with Gasteiger partial charge < -0.3 is 20.2 Å². The van der Waals surface area contributed by atoms with E-state index in [1.807, 2.05) is 34.8 Å². The standard InChI is InChI=1S/C30H40N8O3.CH2O2/c1-21(2)13-17-38-22-11-12-25-24(18-22)28(34-35(25)3)29(40)31-14-7-16-36(15-6-10-27(38)39)30(41)23-8-4-5-9-26(23)37-19-32-33-20-37;2-1-3/h4-5,8-9,19-22H,6-7,10-18H2,1-3H3,(H,31,40);1H,(H,2,3). The lowest BCUT2D eigenvalue weighted by atomic mass is 9.89. The number of carbonyl (C=O) groups is 4. The van der Waals surface area contributed by atoms with Gasteiger partial charge in [0.15, 0.2) is 5.69 Å². The summed E-state index contributed by atoms with van der Waals surface area (Å²) in [5.41, 5.74) is 3.73. The highest BCUT2D eigenvalue weighted by molar-refractivity contribution is 5.98. The fraction of sp³-hybridized carbons (Fsp3) is 0.516. The minimum absolute atomic E-state index is 0.0306. The number of nitrogens with zero attached hydrogens (tertiary/aromatic N) is 7. The van der Waals surface area contributed by atoms with Gasteiger partial charge in [-0.1, -0.05) is 26.0 Å². The molecule has 1 unspecified atom stereocenters. The molecule has 0 fully saturated rings. The summed E-state index contributed by atoms with van der Waals surface area (Å²) in [5, 5.41) is 22.3. The Hall–Kier alpha value is -4.55. The minimum atomic E-state index is -0.250. The van der Waals surface area contributed by atoms with E-state index in [0.717, 1.165) is 30.5 Å². The Morgan fingerprint density at radius 3 is 2.55 bits per heavy atom. The molecule has 3 heterocycles. The first-order valence-electron chi connectivity index (χ1n) is 15.2. The van der Waals surface area contributed by atoms with Crippen LogP contribution < -0.4 is 5.32 Å². The number of para-hydroxylation sites is 1. The van der Waals surface area contributed by atoms with E-state index >= 15 is 0 Å². The quantitative estimate of drug-likeness (QED) is 0.420. The van der Waals surface area contributed by atoms with Gasteiger partial charge in [0, 0.05) is 56.9 Å². The van der Waals surface area contributed by atoms with Crippen LogP contribution >= 0.6 is 0 Å². The molecule has 0 saturated heterocycles. The predicted molar refractivity (Wildman–Crippen MR) is 162 cm³/mol. The van der Waals surface area contributed by atoms with Crippen LogP contribution in [0.2, 0.25) is 0 Å². The zero-order valence-electron chi connectivity index (χ0n) is 25.7. The average Bonchev–Trinajstić information content (AvgIpc) is 3.66. The molecule has 1 atom stereocenters. The Labute approximate surface area is 257 Å². The molecule has 1 aliphatic carbocycles. The fourth-order valence-corrected chi connectivity index (χ4v) is 5.94. The van der Waals surface area contributed by atoms with E-state index in [0.29, 0.717) is 74.7 Å². The van der Waals surface area contributed by atoms with Crippen LogP contribution in [-0.2, 0) is 29.5 Å². The van der Waals surface area contributed by atoms with Crippen molar-refractivity contribution in [3.8, 4) is 5.69 Å². The van der Waals surface area contributed by atoms with Crippen LogP contribution in [0.15, 0.2) is 36.9 Å². The molecule has 3 amide bonds. The Bertz CT molecular complexity index is 1430. The van der Waals surface area contributed by atoms with Crippen LogP contribution in [0.25, 0.3) is 5.69 Å². The van der Waals surface area contributed by atoms with E-state index in [1.54, 1.807) is 28.2 Å². The second kappa shape index (κ2) is 15.3. The monoisotopic (exact) mass is 606 g/mol. The summed E-state index contributed by atoms with van der Waals surface area (Å²) < 4.78 is 3.54. The normalized spacial score (nSPS) is 17.7. The molecule has 1 aromatic carbocycles. The van der Waals surface area contributed by atoms with Crippen molar-refractivity contribution in [1.82, 2.24) is 39.7 Å². The molecule has 0 spiro atoms. The van der Waals surface area contributed by atoms with Crippen molar-refractivity contribution in [1.29, 1.82) is 0 Å². The summed E-state index contributed by atoms with van der Waals surface area (Å²) in [4.78, 5) is 53.0. The Morgan fingerprint density at radius 1 is 1.11 bits per heavy atom. The van der Waals surface area contributed by atoms with E-state index in [4.69, 9.17) is 9.90 Å². The van der Waals surface area contributed by atoms with E-state index in [9.17, 15) is 14.4 Å². The zero-order chi connectivity index (χ0) is 31.6. The highest BCUT2D eigenvalue weighted by Crippen LogP contribution is 2.28. The molecule has 5 rings (SSSR count). The van der Waals surface area contributed by atoms with E-state index < -0.39 is 0 Å². The van der Waals surface area contributed by atoms with Gasteiger partial charge in [0.05, 0.1) is 11.3 Å². The molecular formula is C31H42N8O5. The average molecular weight is 607 g/mol. The third-order valence-electron chi connectivity index (χ3n) is 8.18. The number of benzene rings is 1. The SMILES string of the molecule is CC(C)CCN1C(=O)CCCN(C(=O)c2ccccc2-n2cnnc2)CCCNC(=O)c2nn(C)c3c2CC1CC3.O=CO.